The van der Waals surface area contributed by atoms with Crippen LogP contribution in [0.2, 0.25) is 15.1 Å². The third kappa shape index (κ3) is 3.90. The second kappa shape index (κ2) is 8.62. The first-order chi connectivity index (χ1) is 15.2. The maximum atomic E-state index is 13.3. The van der Waals surface area contributed by atoms with Gasteiger partial charge in [-0.05, 0) is 53.6 Å². The van der Waals surface area contributed by atoms with Gasteiger partial charge in [0.1, 0.15) is 12.0 Å². The highest BCUT2D eigenvalue weighted by Gasteiger charge is 2.46. The van der Waals surface area contributed by atoms with Gasteiger partial charge in [0.05, 0.1) is 5.41 Å². The van der Waals surface area contributed by atoms with Crippen LogP contribution in [-0.2, 0) is 15.0 Å². The first kappa shape index (κ1) is 22.4. The van der Waals surface area contributed by atoms with Crippen molar-refractivity contribution in [3.05, 3.63) is 98.5 Å². The molecule has 3 aromatic carbocycles. The molecule has 0 radical (unpaired) electrons. The molecule has 7 heteroatoms. The van der Waals surface area contributed by atoms with Crippen molar-refractivity contribution in [2.24, 2.45) is 0 Å². The van der Waals surface area contributed by atoms with Crippen molar-refractivity contribution in [2.75, 3.05) is 5.73 Å². The van der Waals surface area contributed by atoms with Gasteiger partial charge in [0.2, 0.25) is 0 Å². The van der Waals surface area contributed by atoms with Crippen LogP contribution in [0.25, 0.3) is 5.57 Å². The lowest BCUT2D eigenvalue weighted by Gasteiger charge is -2.39. The van der Waals surface area contributed by atoms with Crippen LogP contribution in [0, 0.1) is 0 Å². The summed E-state index contributed by atoms with van der Waals surface area (Å²) in [7, 11) is 0. The molecule has 1 aliphatic rings. The fourth-order valence-electron chi connectivity index (χ4n) is 4.33. The number of halogens is 3. The van der Waals surface area contributed by atoms with Crippen molar-refractivity contribution in [1.82, 2.24) is 0 Å². The number of carbonyl (C=O) groups excluding carboxylic acids is 2. The number of phenols is 1. The van der Waals surface area contributed by atoms with E-state index in [0.29, 0.717) is 31.9 Å². The molecular weight excluding hydrogens is 469 g/mol. The fourth-order valence-corrected chi connectivity index (χ4v) is 4.88. The molecule has 0 heterocycles. The molecule has 3 N–H and O–H groups in total. The molecule has 0 spiro atoms. The van der Waals surface area contributed by atoms with E-state index in [-0.39, 0.29) is 23.5 Å². The molecule has 2 atom stereocenters. The monoisotopic (exact) mass is 485 g/mol. The van der Waals surface area contributed by atoms with Crippen LogP contribution in [0.3, 0.4) is 0 Å². The van der Waals surface area contributed by atoms with E-state index in [1.54, 1.807) is 54.6 Å². The molecule has 0 unspecified atom stereocenters. The number of rotatable bonds is 4. The van der Waals surface area contributed by atoms with Gasteiger partial charge in [0.15, 0.2) is 5.78 Å². The highest BCUT2D eigenvalue weighted by molar-refractivity contribution is 6.32. The van der Waals surface area contributed by atoms with Gasteiger partial charge in [-0.1, -0.05) is 59.1 Å². The van der Waals surface area contributed by atoms with Crippen LogP contribution in [0.15, 0.2) is 66.7 Å². The number of ketones is 1. The van der Waals surface area contributed by atoms with Gasteiger partial charge in [-0.25, -0.2) is 0 Å². The molecule has 0 aliphatic heterocycles. The fraction of sp³-hybridized carbons (Fsp3) is 0.120. The third-order valence-electron chi connectivity index (χ3n) is 5.83. The molecule has 0 aromatic heterocycles. The van der Waals surface area contributed by atoms with Crippen LogP contribution in [0.1, 0.15) is 29.0 Å². The van der Waals surface area contributed by atoms with Crippen LogP contribution < -0.4 is 5.73 Å². The lowest BCUT2D eigenvalue weighted by Crippen LogP contribution is -2.39. The van der Waals surface area contributed by atoms with Crippen molar-refractivity contribution in [2.45, 2.75) is 17.8 Å². The summed E-state index contributed by atoms with van der Waals surface area (Å²) in [5, 5.41) is 11.7. The normalized spacial score (nSPS) is 20.7. The Labute approximate surface area is 200 Å². The van der Waals surface area contributed by atoms with Gasteiger partial charge >= 0.3 is 0 Å². The molecule has 1 aliphatic carbocycles. The van der Waals surface area contributed by atoms with Crippen molar-refractivity contribution in [3.8, 4) is 5.75 Å². The molecule has 0 saturated carbocycles. The molecule has 32 heavy (non-hydrogen) atoms. The van der Waals surface area contributed by atoms with E-state index in [2.05, 4.69) is 0 Å². The molecule has 0 saturated heterocycles. The maximum Gasteiger partial charge on any atom is 0.164 e. The predicted octanol–water partition coefficient (Wildman–Crippen LogP) is 6.21. The van der Waals surface area contributed by atoms with E-state index in [1.165, 1.54) is 6.07 Å². The Morgan fingerprint density at radius 3 is 2.31 bits per heavy atom. The molecule has 4 nitrogen and oxygen atoms in total. The van der Waals surface area contributed by atoms with E-state index < -0.39 is 11.3 Å². The minimum absolute atomic E-state index is 0.00898. The predicted molar refractivity (Wildman–Crippen MR) is 129 cm³/mol. The lowest BCUT2D eigenvalue weighted by molar-refractivity contribution is -0.116. The van der Waals surface area contributed by atoms with E-state index in [1.807, 2.05) is 6.07 Å². The smallest absolute Gasteiger partial charge is 0.164 e. The Kier molecular flexibility index (Phi) is 6.04. The topological polar surface area (TPSA) is 80.4 Å². The Morgan fingerprint density at radius 2 is 1.66 bits per heavy atom. The summed E-state index contributed by atoms with van der Waals surface area (Å²) < 4.78 is 0. The number of hydrogen-bond acceptors (Lipinski definition) is 4. The lowest BCUT2D eigenvalue weighted by atomic mass is 9.61. The molecule has 3 aromatic rings. The number of benzene rings is 3. The molecular formula is C25H18Cl3NO3. The van der Waals surface area contributed by atoms with E-state index in [4.69, 9.17) is 40.5 Å². The highest BCUT2D eigenvalue weighted by Crippen LogP contribution is 2.50. The zero-order valence-electron chi connectivity index (χ0n) is 16.7. The minimum Gasteiger partial charge on any atom is -0.507 e. The zero-order chi connectivity index (χ0) is 23.0. The van der Waals surface area contributed by atoms with Gasteiger partial charge in [-0.3, -0.25) is 4.79 Å². The molecule has 4 rings (SSSR count). The van der Waals surface area contributed by atoms with Gasteiger partial charge in [0, 0.05) is 44.2 Å². The number of phenolic OH excluding ortho intramolecular Hbond substituents is 1. The van der Waals surface area contributed by atoms with Crippen molar-refractivity contribution >= 4 is 58.1 Å². The van der Waals surface area contributed by atoms with Crippen LogP contribution in [-0.4, -0.2) is 17.2 Å². The number of carbonyl (C=O) groups is 2. The molecule has 162 valence electrons. The zero-order valence-corrected chi connectivity index (χ0v) is 19.0. The van der Waals surface area contributed by atoms with E-state index >= 15 is 0 Å². The van der Waals surface area contributed by atoms with Crippen molar-refractivity contribution in [1.29, 1.82) is 0 Å². The summed E-state index contributed by atoms with van der Waals surface area (Å²) in [6, 6.07) is 16.5. The average Bonchev–Trinajstić information content (AvgIpc) is 2.74. The van der Waals surface area contributed by atoms with Crippen LogP contribution >= 0.6 is 34.8 Å². The van der Waals surface area contributed by atoms with Crippen molar-refractivity contribution in [3.63, 3.8) is 0 Å². The van der Waals surface area contributed by atoms with Crippen LogP contribution in [0.4, 0.5) is 5.69 Å². The number of allylic oxidation sites excluding steroid dienone is 2. The Morgan fingerprint density at radius 1 is 0.969 bits per heavy atom. The standard InChI is InChI=1S/C25H18Cl3NO3/c26-15-3-1-2-14(8-15)21-11-24(32)19(18-6-4-17(28)10-23(18)31)12-25(21,13-30)20-7-5-16(27)9-22(20)29/h1-10,12-13,21,31H,11,29H2/t21-,25-/m0/s1. The van der Waals surface area contributed by atoms with Gasteiger partial charge in [0.25, 0.3) is 0 Å². The average molecular weight is 487 g/mol. The molecule has 0 bridgehead atoms. The SMILES string of the molecule is Nc1cc(Cl)ccc1[C@@]1(C=O)C=C(c2ccc(Cl)cc2O)C(=O)C[C@H]1c1cccc(Cl)c1. The summed E-state index contributed by atoms with van der Waals surface area (Å²) in [5.41, 5.74) is 7.08. The number of aromatic hydroxyl groups is 1. The highest BCUT2D eigenvalue weighted by atomic mass is 35.5. The largest absolute Gasteiger partial charge is 0.507 e. The van der Waals surface area contributed by atoms with Gasteiger partial charge in [-0.2, -0.15) is 0 Å². The summed E-state index contributed by atoms with van der Waals surface area (Å²) >= 11 is 18.3. The number of Topliss-reactive ketones (excluding diaryl/α,β-unsaturated/α-hetero) is 1. The maximum absolute atomic E-state index is 13.3. The van der Waals surface area contributed by atoms with Gasteiger partial charge in [-0.15, -0.1) is 0 Å². The summed E-state index contributed by atoms with van der Waals surface area (Å²) in [4.78, 5) is 26.1. The first-order valence-corrected chi connectivity index (χ1v) is 10.9. The third-order valence-corrected chi connectivity index (χ3v) is 6.53. The summed E-state index contributed by atoms with van der Waals surface area (Å²) in [6.45, 7) is 0. The Hall–Kier alpha value is -2.79. The minimum atomic E-state index is -1.30. The first-order valence-electron chi connectivity index (χ1n) is 9.77. The molecule has 0 amide bonds. The second-order valence-corrected chi connectivity index (χ2v) is 9.05. The Balaban J connectivity index is 2.02. The van der Waals surface area contributed by atoms with E-state index in [0.717, 1.165) is 11.8 Å². The number of hydrogen-bond donors (Lipinski definition) is 2. The number of nitrogen functional groups attached to an aromatic ring is 1. The van der Waals surface area contributed by atoms with Crippen LogP contribution in [0.5, 0.6) is 5.75 Å². The number of nitrogens with two attached hydrogens (primary N) is 1. The second-order valence-electron chi connectivity index (χ2n) is 7.74. The quantitative estimate of drug-likeness (QED) is 0.339. The van der Waals surface area contributed by atoms with Crippen molar-refractivity contribution < 1.29 is 14.7 Å². The van der Waals surface area contributed by atoms with Gasteiger partial charge < -0.3 is 15.6 Å². The summed E-state index contributed by atoms with van der Waals surface area (Å²) in [6.07, 6.45) is 2.38. The number of anilines is 1. The Bertz CT molecular complexity index is 1270. The van der Waals surface area contributed by atoms with E-state index in [9.17, 15) is 14.7 Å². The number of aldehydes is 1. The molecule has 0 fully saturated rings. The summed E-state index contributed by atoms with van der Waals surface area (Å²) in [5.74, 6) is -0.937.